The van der Waals surface area contributed by atoms with E-state index in [0.29, 0.717) is 0 Å². The average Bonchev–Trinajstić information content (AvgIpc) is 2.19. The number of rotatable bonds is 2. The Bertz CT molecular complexity index is 294. The topological polar surface area (TPSA) is 34.1 Å². The fraction of sp³-hybridized carbons (Fsp3) is 0. The van der Waals surface area contributed by atoms with E-state index in [2.05, 4.69) is 13.2 Å². The predicted molar refractivity (Wildman–Crippen MR) is 51.6 cm³/mol. The van der Waals surface area contributed by atoms with Crippen LogP contribution in [0.15, 0.2) is 37.4 Å². The first-order valence-corrected chi connectivity index (χ1v) is 3.63. The molecule has 0 heterocycles. The maximum atomic E-state index is 8.12. The van der Waals surface area contributed by atoms with Crippen LogP contribution in [0.3, 0.4) is 0 Å². The lowest BCUT2D eigenvalue weighted by molar-refractivity contribution is -0.191. The minimum absolute atomic E-state index is 0.250. The third kappa shape index (κ3) is 3.85. The highest BCUT2D eigenvalue weighted by Gasteiger charge is 1.89. The van der Waals surface area contributed by atoms with Crippen LogP contribution in [0.2, 0.25) is 0 Å². The normalized spacial score (nSPS) is 7.38. The molecule has 0 aliphatic carbocycles. The van der Waals surface area contributed by atoms with Crippen LogP contribution in [-0.4, -0.2) is 6.15 Å². The molecule has 0 bridgehead atoms. The lowest BCUT2D eigenvalue weighted by Gasteiger charge is -1.96. The summed E-state index contributed by atoms with van der Waals surface area (Å²) in [7, 11) is 0. The van der Waals surface area contributed by atoms with Crippen molar-refractivity contribution in [1.82, 2.24) is 0 Å². The van der Waals surface area contributed by atoms with Crippen LogP contribution in [0.4, 0.5) is 0 Å². The number of hydrogen-bond acceptors (Lipinski definition) is 2. The lowest BCUT2D eigenvalue weighted by Crippen LogP contribution is -1.76. The molecule has 2 nitrogen and oxygen atoms in total. The summed E-state index contributed by atoms with van der Waals surface area (Å²) < 4.78 is 0. The molecule has 0 atom stereocenters. The Hall–Kier alpha value is -1.92. The summed E-state index contributed by atoms with van der Waals surface area (Å²) in [4.78, 5) is 16.2. The molecule has 2 heteroatoms. The molecule has 1 aromatic rings. The Morgan fingerprint density at radius 3 is 1.54 bits per heavy atom. The van der Waals surface area contributed by atoms with Gasteiger partial charge in [0.2, 0.25) is 0 Å². The summed E-state index contributed by atoms with van der Waals surface area (Å²) in [5.41, 5.74) is 2.27. The number of hydrogen-bond donors (Lipinski definition) is 0. The second-order valence-electron chi connectivity index (χ2n) is 2.12. The SMILES string of the molecule is C=Cc1ccccc1C=C.O=C=O. The fourth-order valence-corrected chi connectivity index (χ4v) is 0.883. The summed E-state index contributed by atoms with van der Waals surface area (Å²) in [6.45, 7) is 7.38. The smallest absolute Gasteiger partial charge is 0.186 e. The molecule has 0 fully saturated rings. The van der Waals surface area contributed by atoms with Crippen molar-refractivity contribution in [3.8, 4) is 0 Å². The molecule has 1 aromatic carbocycles. The first-order chi connectivity index (χ1) is 6.29. The second kappa shape index (κ2) is 6.77. The summed E-state index contributed by atoms with van der Waals surface area (Å²) in [6, 6.07) is 8.02. The van der Waals surface area contributed by atoms with Gasteiger partial charge in [0.1, 0.15) is 0 Å². The van der Waals surface area contributed by atoms with Gasteiger partial charge in [0, 0.05) is 0 Å². The van der Waals surface area contributed by atoms with Crippen LogP contribution in [-0.2, 0) is 9.59 Å². The van der Waals surface area contributed by atoms with E-state index in [1.54, 1.807) is 0 Å². The van der Waals surface area contributed by atoms with Crippen molar-refractivity contribution in [1.29, 1.82) is 0 Å². The van der Waals surface area contributed by atoms with Gasteiger partial charge >= 0.3 is 6.15 Å². The summed E-state index contributed by atoms with van der Waals surface area (Å²) in [6.07, 6.45) is 3.91. The predicted octanol–water partition coefficient (Wildman–Crippen LogP) is 2.39. The standard InChI is InChI=1S/C10H10.CO2/c1-3-9-7-5-6-8-10(9)4-2;2-1-3/h3-8H,1-2H2;. The van der Waals surface area contributed by atoms with Crippen molar-refractivity contribution in [3.63, 3.8) is 0 Å². The third-order valence-electron chi connectivity index (χ3n) is 1.44. The van der Waals surface area contributed by atoms with E-state index in [1.165, 1.54) is 0 Å². The van der Waals surface area contributed by atoms with E-state index in [9.17, 15) is 0 Å². The summed E-state index contributed by atoms with van der Waals surface area (Å²) in [5.74, 6) is 0. The molecule has 0 N–H and O–H groups in total. The van der Waals surface area contributed by atoms with E-state index in [1.807, 2.05) is 36.4 Å². The van der Waals surface area contributed by atoms with Crippen LogP contribution in [0.5, 0.6) is 0 Å². The van der Waals surface area contributed by atoms with Crippen LogP contribution in [0.1, 0.15) is 11.1 Å². The van der Waals surface area contributed by atoms with Gasteiger partial charge in [0.05, 0.1) is 0 Å². The molecule has 0 spiro atoms. The highest BCUT2D eigenvalue weighted by molar-refractivity contribution is 5.63. The van der Waals surface area contributed by atoms with Gasteiger partial charge < -0.3 is 0 Å². The largest absolute Gasteiger partial charge is 0.373 e. The number of benzene rings is 1. The van der Waals surface area contributed by atoms with Crippen molar-refractivity contribution in [2.45, 2.75) is 0 Å². The van der Waals surface area contributed by atoms with Gasteiger partial charge in [-0.05, 0) is 11.1 Å². The monoisotopic (exact) mass is 174 g/mol. The average molecular weight is 174 g/mol. The number of carbonyl (C=O) groups excluding carboxylic acids is 2. The minimum atomic E-state index is 0.250. The van der Waals surface area contributed by atoms with E-state index < -0.39 is 0 Å². The Balaban J connectivity index is 0.000000424. The van der Waals surface area contributed by atoms with Crippen molar-refractivity contribution < 1.29 is 9.59 Å². The molecular formula is C11H10O2. The third-order valence-corrected chi connectivity index (χ3v) is 1.44. The molecule has 1 rings (SSSR count). The van der Waals surface area contributed by atoms with Gasteiger partial charge in [0.25, 0.3) is 0 Å². The molecule has 0 saturated heterocycles. The van der Waals surface area contributed by atoms with E-state index in [0.717, 1.165) is 11.1 Å². The molecule has 0 saturated carbocycles. The van der Waals surface area contributed by atoms with Gasteiger partial charge in [-0.25, -0.2) is 0 Å². The fourth-order valence-electron chi connectivity index (χ4n) is 0.883. The highest BCUT2D eigenvalue weighted by Crippen LogP contribution is 2.10. The van der Waals surface area contributed by atoms with Crippen molar-refractivity contribution in [3.05, 3.63) is 48.6 Å². The molecule has 0 aliphatic rings. The maximum Gasteiger partial charge on any atom is 0.373 e. The summed E-state index contributed by atoms with van der Waals surface area (Å²) in [5, 5.41) is 0. The Kier molecular flexibility index (Phi) is 5.77. The first kappa shape index (κ1) is 11.1. The zero-order valence-electron chi connectivity index (χ0n) is 7.19. The van der Waals surface area contributed by atoms with Crippen LogP contribution < -0.4 is 0 Å². The van der Waals surface area contributed by atoms with E-state index >= 15 is 0 Å². The maximum absolute atomic E-state index is 8.12. The zero-order valence-corrected chi connectivity index (χ0v) is 7.19. The Morgan fingerprint density at radius 2 is 1.31 bits per heavy atom. The van der Waals surface area contributed by atoms with Gasteiger partial charge in [-0.2, -0.15) is 9.59 Å². The van der Waals surface area contributed by atoms with Crippen molar-refractivity contribution in [2.75, 3.05) is 0 Å². The van der Waals surface area contributed by atoms with Crippen molar-refractivity contribution >= 4 is 18.3 Å². The molecule has 66 valence electrons. The van der Waals surface area contributed by atoms with Gasteiger partial charge in [-0.15, -0.1) is 0 Å². The molecule has 0 unspecified atom stereocenters. The van der Waals surface area contributed by atoms with Gasteiger partial charge in [-0.1, -0.05) is 49.6 Å². The molecule has 13 heavy (non-hydrogen) atoms. The Labute approximate surface area is 77.2 Å². The van der Waals surface area contributed by atoms with Gasteiger partial charge in [0.15, 0.2) is 0 Å². The highest BCUT2D eigenvalue weighted by atomic mass is 16.2. The quantitative estimate of drug-likeness (QED) is 0.689. The summed E-state index contributed by atoms with van der Waals surface area (Å²) >= 11 is 0. The second-order valence-corrected chi connectivity index (χ2v) is 2.12. The van der Waals surface area contributed by atoms with Crippen LogP contribution >= 0.6 is 0 Å². The van der Waals surface area contributed by atoms with Gasteiger partial charge in [-0.3, -0.25) is 0 Å². The molecule has 0 aliphatic heterocycles. The molecule has 0 amide bonds. The Morgan fingerprint density at radius 1 is 1.00 bits per heavy atom. The van der Waals surface area contributed by atoms with Crippen LogP contribution in [0, 0.1) is 0 Å². The van der Waals surface area contributed by atoms with Crippen LogP contribution in [0.25, 0.3) is 12.2 Å². The van der Waals surface area contributed by atoms with Crippen molar-refractivity contribution in [2.24, 2.45) is 0 Å². The lowest BCUT2D eigenvalue weighted by atomic mass is 10.1. The molecular weight excluding hydrogens is 164 g/mol. The van der Waals surface area contributed by atoms with E-state index in [4.69, 9.17) is 9.59 Å². The minimum Gasteiger partial charge on any atom is -0.186 e. The molecule has 0 aromatic heterocycles. The molecule has 0 radical (unpaired) electrons. The van der Waals surface area contributed by atoms with E-state index in [-0.39, 0.29) is 6.15 Å². The zero-order chi connectivity index (χ0) is 10.1. The first-order valence-electron chi connectivity index (χ1n) is 3.63.